The number of halogens is 2. The van der Waals surface area contributed by atoms with Crippen LogP contribution in [-0.2, 0) is 25.0 Å². The molecule has 13 heteroatoms. The second kappa shape index (κ2) is 7.64. The highest BCUT2D eigenvalue weighted by atomic mass is 31.2. The van der Waals surface area contributed by atoms with Gasteiger partial charge in [-0.2, -0.15) is 4.39 Å². The fourth-order valence-corrected chi connectivity index (χ4v) is 4.55. The van der Waals surface area contributed by atoms with E-state index in [9.17, 15) is 23.7 Å². The summed E-state index contributed by atoms with van der Waals surface area (Å²) in [6.07, 6.45) is -4.49. The molecule has 4 rings (SSSR count). The Kier molecular flexibility index (Phi) is 4.77. The fourth-order valence-electron chi connectivity index (χ4n) is 3.38. The summed E-state index contributed by atoms with van der Waals surface area (Å²) in [4.78, 5) is 24.8. The third kappa shape index (κ3) is 4.21. The number of aromatic amines is 1. The number of rotatable bonds is 4. The van der Waals surface area contributed by atoms with Gasteiger partial charge in [-0.05, 0) is 19.4 Å². The summed E-state index contributed by atoms with van der Waals surface area (Å²) in [7, 11) is -4.69. The summed E-state index contributed by atoms with van der Waals surface area (Å²) in [6, 6.07) is 3.43. The first kappa shape index (κ1) is 19.3. The number of H-pyrrole nitrogens is 1. The van der Waals surface area contributed by atoms with Crippen LogP contribution in [0.2, 0.25) is 0 Å². The summed E-state index contributed by atoms with van der Waals surface area (Å²) >= 11 is 0. The van der Waals surface area contributed by atoms with Crippen LogP contribution in [0, 0.1) is 19.7 Å². The van der Waals surface area contributed by atoms with Crippen molar-refractivity contribution < 1.29 is 39.5 Å². The van der Waals surface area contributed by atoms with Crippen molar-refractivity contribution in [3.05, 3.63) is 61.7 Å². The van der Waals surface area contributed by atoms with Crippen LogP contribution in [0.25, 0.3) is 0 Å². The van der Waals surface area contributed by atoms with Crippen LogP contribution >= 0.6 is 7.82 Å². The Morgan fingerprint density at radius 3 is 2.94 bits per heavy atom. The lowest BCUT2D eigenvalue weighted by Crippen LogP contribution is -2.37. The molecule has 4 atom stereocenters. The number of nitrogens with one attached hydrogen (secondary N) is 1. The van der Waals surface area contributed by atoms with Crippen LogP contribution in [0.5, 0.6) is 5.75 Å². The lowest BCUT2D eigenvalue weighted by molar-refractivity contribution is -0.179. The van der Waals surface area contributed by atoms with E-state index in [4.69, 9.17) is 21.0 Å². The number of alkyl halides is 1. The third-order valence-corrected chi connectivity index (χ3v) is 5.86. The second-order valence-electron chi connectivity index (χ2n) is 7.23. The van der Waals surface area contributed by atoms with Gasteiger partial charge in [0.05, 0.1) is 15.5 Å². The first-order valence-electron chi connectivity index (χ1n) is 10.0. The Morgan fingerprint density at radius 2 is 2.19 bits per heavy atom. The van der Waals surface area contributed by atoms with Crippen molar-refractivity contribution in [1.82, 2.24) is 9.55 Å². The Hall–Kier alpha value is -2.37. The van der Waals surface area contributed by atoms with Gasteiger partial charge >= 0.3 is 13.5 Å². The average molecular weight is 462 g/mol. The molecule has 3 heterocycles. The van der Waals surface area contributed by atoms with Crippen LogP contribution in [0.3, 0.4) is 0 Å². The second-order valence-corrected chi connectivity index (χ2v) is 8.75. The average Bonchev–Trinajstić information content (AvgIpc) is 3.01. The summed E-state index contributed by atoms with van der Waals surface area (Å²) in [5.41, 5.74) is -0.595. The lowest BCUT2D eigenvalue weighted by atomic mass is 10.1. The number of hydrogen-bond acceptors (Lipinski definition) is 8. The number of aliphatic hydroxyl groups is 1. The number of phosphoric ester groups is 1. The molecule has 1 unspecified atom stereocenters. The fraction of sp³-hybridized carbons (Fsp3) is 0.444. The van der Waals surface area contributed by atoms with E-state index in [0.717, 1.165) is 5.56 Å². The number of phosphoric acid groups is 1. The minimum Gasteiger partial charge on any atom is -0.403 e. The zero-order chi connectivity index (χ0) is 24.3. The first-order valence-corrected chi connectivity index (χ1v) is 10.5. The van der Waals surface area contributed by atoms with Gasteiger partial charge < -0.3 is 14.4 Å². The molecule has 1 fully saturated rings. The number of benzene rings is 1. The van der Waals surface area contributed by atoms with Crippen molar-refractivity contribution in [3.8, 4) is 5.75 Å². The van der Waals surface area contributed by atoms with Crippen molar-refractivity contribution in [3.63, 3.8) is 0 Å². The molecule has 0 aliphatic carbocycles. The number of hydrogen-bond donors (Lipinski definition) is 2. The molecule has 2 aromatic rings. The topological polar surface area (TPSA) is 129 Å². The number of aliphatic hydroxyl groups excluding tert-OH is 1. The van der Waals surface area contributed by atoms with Crippen LogP contribution in [0.4, 0.5) is 8.78 Å². The van der Waals surface area contributed by atoms with Crippen molar-refractivity contribution in [2.45, 2.75) is 45.1 Å². The predicted molar refractivity (Wildman–Crippen MR) is 101 cm³/mol. The highest BCUT2D eigenvalue weighted by molar-refractivity contribution is 7.49. The maximum atomic E-state index is 15.5. The van der Waals surface area contributed by atoms with Gasteiger partial charge in [0.25, 0.3) is 5.56 Å². The first-order chi connectivity index (χ1) is 15.2. The maximum Gasteiger partial charge on any atom is 0.530 e. The van der Waals surface area contributed by atoms with Crippen LogP contribution in [-0.4, -0.2) is 33.2 Å². The van der Waals surface area contributed by atoms with E-state index >= 15 is 4.39 Å². The zero-order valence-electron chi connectivity index (χ0n) is 18.3. The SMILES string of the molecule is [2H]C([2H])(OP1(=O)OCc2cc(C)cc(C)c2O1)[C@]1(F)C[C@@H](O)[C@H](n2cc(F)c(=O)[nH]c2=O)O1. The Morgan fingerprint density at radius 1 is 1.45 bits per heavy atom. The number of aryl methyl sites for hydroxylation is 2. The molecule has 0 spiro atoms. The van der Waals surface area contributed by atoms with E-state index in [1.54, 1.807) is 24.0 Å². The summed E-state index contributed by atoms with van der Waals surface area (Å²) in [6.45, 7) is -0.293. The summed E-state index contributed by atoms with van der Waals surface area (Å²) in [5, 5.41) is 10.2. The van der Waals surface area contributed by atoms with Crippen LogP contribution in [0.1, 0.15) is 32.1 Å². The largest absolute Gasteiger partial charge is 0.530 e. The van der Waals surface area contributed by atoms with Gasteiger partial charge in [-0.1, -0.05) is 17.7 Å². The van der Waals surface area contributed by atoms with E-state index in [2.05, 4.69) is 0 Å². The molecule has 0 radical (unpaired) electrons. The Labute approximate surface area is 176 Å². The molecule has 10 nitrogen and oxygen atoms in total. The number of fused-ring (bicyclic) bond motifs is 1. The van der Waals surface area contributed by atoms with E-state index in [0.29, 0.717) is 21.9 Å². The van der Waals surface area contributed by atoms with Gasteiger partial charge in [-0.3, -0.25) is 23.4 Å². The Bertz CT molecular complexity index is 1290. The molecule has 31 heavy (non-hydrogen) atoms. The van der Waals surface area contributed by atoms with Gasteiger partial charge in [0.1, 0.15) is 18.4 Å². The molecule has 0 bridgehead atoms. The quantitative estimate of drug-likeness (QED) is 0.660. The van der Waals surface area contributed by atoms with Crippen molar-refractivity contribution in [2.75, 3.05) is 6.56 Å². The molecular weight excluding hydrogens is 441 g/mol. The number of aromatic nitrogens is 2. The molecule has 1 aromatic heterocycles. The van der Waals surface area contributed by atoms with Gasteiger partial charge in [0.15, 0.2) is 6.23 Å². The molecule has 2 aliphatic heterocycles. The standard InChI is InChI=1S/C18H19F2N2O8P/c1-9-3-10(2)14-11(4-9)7-27-31(26,30-14)28-8-18(20)5-13(23)16(29-18)22-6-12(19)15(24)21-17(22)25/h3-4,6,13,16,23H,5,7-8H2,1-2H3,(H,21,24,25)/t13-,16-,18+,31?/m1/s1/i8D2. The van der Waals surface area contributed by atoms with Gasteiger partial charge in [-0.15, -0.1) is 0 Å². The van der Waals surface area contributed by atoms with E-state index in [1.807, 2.05) is 6.92 Å². The summed E-state index contributed by atoms with van der Waals surface area (Å²) in [5.74, 6) is -4.74. The van der Waals surface area contributed by atoms with Crippen LogP contribution in [0.15, 0.2) is 27.9 Å². The monoisotopic (exact) mass is 462 g/mol. The van der Waals surface area contributed by atoms with Crippen molar-refractivity contribution >= 4 is 7.82 Å². The number of nitrogens with zero attached hydrogens (tertiary/aromatic N) is 1. The van der Waals surface area contributed by atoms with E-state index in [-0.39, 0.29) is 12.4 Å². The molecular formula is C18H19F2N2O8P. The zero-order valence-corrected chi connectivity index (χ0v) is 17.2. The molecule has 1 aromatic carbocycles. The van der Waals surface area contributed by atoms with E-state index < -0.39 is 56.1 Å². The normalized spacial score (nSPS) is 31.5. The van der Waals surface area contributed by atoms with Gasteiger partial charge in [0, 0.05) is 12.0 Å². The highest BCUT2D eigenvalue weighted by Gasteiger charge is 2.50. The predicted octanol–water partition coefficient (Wildman–Crippen LogP) is 1.97. The van der Waals surface area contributed by atoms with Crippen LogP contribution < -0.4 is 15.8 Å². The molecule has 2 N–H and O–H groups in total. The minimum absolute atomic E-state index is 0.138. The smallest absolute Gasteiger partial charge is 0.403 e. The summed E-state index contributed by atoms with van der Waals surface area (Å²) < 4.78 is 78.6. The Balaban J connectivity index is 1.60. The van der Waals surface area contributed by atoms with Crippen molar-refractivity contribution in [2.24, 2.45) is 0 Å². The van der Waals surface area contributed by atoms with Gasteiger partial charge in [0.2, 0.25) is 11.7 Å². The lowest BCUT2D eigenvalue weighted by Gasteiger charge is -2.28. The molecule has 0 amide bonds. The highest BCUT2D eigenvalue weighted by Crippen LogP contribution is 2.56. The third-order valence-electron chi connectivity index (χ3n) is 4.69. The molecule has 2 aliphatic rings. The van der Waals surface area contributed by atoms with Gasteiger partial charge in [-0.25, -0.2) is 13.8 Å². The molecule has 0 saturated carbocycles. The van der Waals surface area contributed by atoms with E-state index in [1.165, 1.54) is 0 Å². The van der Waals surface area contributed by atoms with Crippen molar-refractivity contribution in [1.29, 1.82) is 0 Å². The maximum absolute atomic E-state index is 15.5. The molecule has 168 valence electrons. The molecule has 1 saturated heterocycles. The number of ether oxygens (including phenoxy) is 1. The minimum atomic E-state index is -4.69.